The van der Waals surface area contributed by atoms with E-state index in [4.69, 9.17) is 5.73 Å². The quantitative estimate of drug-likeness (QED) is 0.634. The normalized spacial score (nSPS) is 14.4. The Balaban J connectivity index is 2.94. The number of phenolic OH excluding ortho intramolecular Hbond substituents is 2. The van der Waals surface area contributed by atoms with Crippen molar-refractivity contribution < 1.29 is 15.0 Å². The Labute approximate surface area is 107 Å². The first-order valence-corrected chi connectivity index (χ1v) is 5.90. The summed E-state index contributed by atoms with van der Waals surface area (Å²) in [6.45, 7) is 5.51. The summed E-state index contributed by atoms with van der Waals surface area (Å²) in [6, 6.07) is 3.63. The minimum absolute atomic E-state index is 0.0121. The third-order valence-electron chi connectivity index (χ3n) is 2.90. The molecule has 2 unspecified atom stereocenters. The molecule has 0 aliphatic carbocycles. The van der Waals surface area contributed by atoms with Crippen molar-refractivity contribution in [3.8, 4) is 11.5 Å². The maximum atomic E-state index is 11.3. The topological polar surface area (TPSA) is 95.6 Å². The number of hydrogen-bond acceptors (Lipinski definition) is 4. The van der Waals surface area contributed by atoms with Crippen LogP contribution in [0, 0.1) is 5.92 Å². The Bertz CT molecular complexity index is 412. The van der Waals surface area contributed by atoms with E-state index in [0.717, 1.165) is 0 Å². The van der Waals surface area contributed by atoms with Gasteiger partial charge in [-0.15, -0.1) is 0 Å². The van der Waals surface area contributed by atoms with Crippen LogP contribution in [0.3, 0.4) is 0 Å². The minimum atomic E-state index is -0.515. The van der Waals surface area contributed by atoms with Crippen LogP contribution in [0.25, 0.3) is 0 Å². The predicted octanol–water partition coefficient (Wildman–Crippen LogP) is 1.26. The average molecular weight is 252 g/mol. The largest absolute Gasteiger partial charge is 0.507 e. The molecule has 1 amide bonds. The van der Waals surface area contributed by atoms with Crippen molar-refractivity contribution in [3.05, 3.63) is 23.8 Å². The molecular formula is C13H20N2O3. The van der Waals surface area contributed by atoms with E-state index in [2.05, 4.69) is 5.32 Å². The SMILES string of the molecule is CC(NC(C(N)=O)C(C)C)c1c(O)cccc1O. The number of benzene rings is 1. The molecule has 5 N–H and O–H groups in total. The first-order valence-electron chi connectivity index (χ1n) is 5.90. The Kier molecular flexibility index (Phi) is 4.55. The summed E-state index contributed by atoms with van der Waals surface area (Å²) in [4.78, 5) is 11.3. The van der Waals surface area contributed by atoms with Gasteiger partial charge in [-0.2, -0.15) is 0 Å². The molecule has 0 aliphatic rings. The monoisotopic (exact) mass is 252 g/mol. The number of carbonyl (C=O) groups excluding carboxylic acids is 1. The molecule has 18 heavy (non-hydrogen) atoms. The molecule has 0 radical (unpaired) electrons. The summed E-state index contributed by atoms with van der Waals surface area (Å²) in [6.07, 6.45) is 0. The van der Waals surface area contributed by atoms with Gasteiger partial charge in [0, 0.05) is 6.04 Å². The number of carbonyl (C=O) groups is 1. The highest BCUT2D eigenvalue weighted by Crippen LogP contribution is 2.32. The van der Waals surface area contributed by atoms with Crippen molar-refractivity contribution >= 4 is 5.91 Å². The van der Waals surface area contributed by atoms with Gasteiger partial charge in [-0.3, -0.25) is 10.1 Å². The molecule has 0 spiro atoms. The molecule has 0 fully saturated rings. The number of nitrogens with two attached hydrogens (primary N) is 1. The van der Waals surface area contributed by atoms with E-state index in [-0.39, 0.29) is 23.5 Å². The van der Waals surface area contributed by atoms with Gasteiger partial charge >= 0.3 is 0 Å². The van der Waals surface area contributed by atoms with Crippen molar-refractivity contribution in [3.63, 3.8) is 0 Å². The maximum absolute atomic E-state index is 11.3. The predicted molar refractivity (Wildman–Crippen MR) is 69.1 cm³/mol. The molecule has 0 saturated carbocycles. The maximum Gasteiger partial charge on any atom is 0.234 e. The van der Waals surface area contributed by atoms with Crippen molar-refractivity contribution in [2.24, 2.45) is 11.7 Å². The van der Waals surface area contributed by atoms with E-state index in [1.54, 1.807) is 13.0 Å². The second-order valence-electron chi connectivity index (χ2n) is 4.72. The number of nitrogens with one attached hydrogen (secondary N) is 1. The number of phenols is 2. The first-order chi connectivity index (χ1) is 8.34. The highest BCUT2D eigenvalue weighted by molar-refractivity contribution is 5.80. The van der Waals surface area contributed by atoms with Crippen LogP contribution in [0.4, 0.5) is 0 Å². The molecule has 5 nitrogen and oxygen atoms in total. The zero-order chi connectivity index (χ0) is 13.9. The van der Waals surface area contributed by atoms with Gasteiger partial charge in [-0.25, -0.2) is 0 Å². The van der Waals surface area contributed by atoms with Gasteiger partial charge in [0.25, 0.3) is 0 Å². The molecular weight excluding hydrogens is 232 g/mol. The number of aromatic hydroxyl groups is 2. The van der Waals surface area contributed by atoms with Crippen molar-refractivity contribution in [2.75, 3.05) is 0 Å². The van der Waals surface area contributed by atoms with E-state index >= 15 is 0 Å². The second kappa shape index (κ2) is 5.73. The van der Waals surface area contributed by atoms with Crippen LogP contribution >= 0.6 is 0 Å². The van der Waals surface area contributed by atoms with Gasteiger partial charge in [0.05, 0.1) is 11.6 Å². The third-order valence-corrected chi connectivity index (χ3v) is 2.90. The third kappa shape index (κ3) is 3.13. The Morgan fingerprint density at radius 2 is 1.72 bits per heavy atom. The number of rotatable bonds is 5. The standard InChI is InChI=1S/C13H20N2O3/c1-7(2)12(13(14)18)15-8(3)11-9(16)5-4-6-10(11)17/h4-8,12,15-17H,1-3H3,(H2,14,18). The zero-order valence-corrected chi connectivity index (χ0v) is 10.8. The van der Waals surface area contributed by atoms with Crippen molar-refractivity contribution in [1.82, 2.24) is 5.32 Å². The van der Waals surface area contributed by atoms with Crippen LogP contribution < -0.4 is 11.1 Å². The highest BCUT2D eigenvalue weighted by atomic mass is 16.3. The van der Waals surface area contributed by atoms with Gasteiger partial charge in [0.15, 0.2) is 0 Å². The van der Waals surface area contributed by atoms with Crippen LogP contribution in [0.5, 0.6) is 11.5 Å². The molecule has 0 saturated heterocycles. The van der Waals surface area contributed by atoms with E-state index in [9.17, 15) is 15.0 Å². The summed E-state index contributed by atoms with van der Waals surface area (Å²) >= 11 is 0. The fourth-order valence-electron chi connectivity index (χ4n) is 1.94. The van der Waals surface area contributed by atoms with Gasteiger partial charge in [-0.05, 0) is 25.0 Å². The second-order valence-corrected chi connectivity index (χ2v) is 4.72. The van der Waals surface area contributed by atoms with Crippen LogP contribution in [-0.2, 0) is 4.79 Å². The average Bonchev–Trinajstić information content (AvgIpc) is 2.24. The number of amides is 1. The smallest absolute Gasteiger partial charge is 0.234 e. The molecule has 100 valence electrons. The highest BCUT2D eigenvalue weighted by Gasteiger charge is 2.24. The molecule has 1 aromatic carbocycles. The zero-order valence-electron chi connectivity index (χ0n) is 10.8. The summed E-state index contributed by atoms with van der Waals surface area (Å²) in [7, 11) is 0. The summed E-state index contributed by atoms with van der Waals surface area (Å²) < 4.78 is 0. The van der Waals surface area contributed by atoms with Gasteiger partial charge in [0.1, 0.15) is 11.5 Å². The molecule has 0 aromatic heterocycles. The Morgan fingerprint density at radius 1 is 1.22 bits per heavy atom. The number of hydrogen-bond donors (Lipinski definition) is 4. The van der Waals surface area contributed by atoms with Gasteiger partial charge < -0.3 is 15.9 Å². The number of primary amides is 1. The first kappa shape index (κ1) is 14.3. The molecule has 0 bridgehead atoms. The Hall–Kier alpha value is -1.75. The fraction of sp³-hybridized carbons (Fsp3) is 0.462. The lowest BCUT2D eigenvalue weighted by atomic mass is 9.99. The lowest BCUT2D eigenvalue weighted by molar-refractivity contribution is -0.121. The summed E-state index contributed by atoms with van der Waals surface area (Å²) in [5.74, 6) is -0.450. The lowest BCUT2D eigenvalue weighted by Crippen LogP contribution is -2.45. The molecule has 0 heterocycles. The molecule has 2 atom stereocenters. The molecule has 5 heteroatoms. The van der Waals surface area contributed by atoms with Crippen LogP contribution in [0.2, 0.25) is 0 Å². The van der Waals surface area contributed by atoms with Crippen LogP contribution in [0.15, 0.2) is 18.2 Å². The molecule has 1 rings (SSSR count). The van der Waals surface area contributed by atoms with Gasteiger partial charge in [-0.1, -0.05) is 19.9 Å². The van der Waals surface area contributed by atoms with E-state index in [1.165, 1.54) is 12.1 Å². The summed E-state index contributed by atoms with van der Waals surface area (Å²) in [5.41, 5.74) is 5.68. The van der Waals surface area contributed by atoms with Crippen molar-refractivity contribution in [2.45, 2.75) is 32.9 Å². The van der Waals surface area contributed by atoms with Crippen molar-refractivity contribution in [1.29, 1.82) is 0 Å². The lowest BCUT2D eigenvalue weighted by Gasteiger charge is -2.24. The van der Waals surface area contributed by atoms with E-state index < -0.39 is 11.9 Å². The minimum Gasteiger partial charge on any atom is -0.507 e. The fourth-order valence-corrected chi connectivity index (χ4v) is 1.94. The molecule has 1 aromatic rings. The van der Waals surface area contributed by atoms with Crippen LogP contribution in [-0.4, -0.2) is 22.2 Å². The summed E-state index contributed by atoms with van der Waals surface area (Å²) in [5, 5.41) is 22.5. The van der Waals surface area contributed by atoms with Gasteiger partial charge in [0.2, 0.25) is 5.91 Å². The van der Waals surface area contributed by atoms with E-state index in [1.807, 2.05) is 13.8 Å². The van der Waals surface area contributed by atoms with E-state index in [0.29, 0.717) is 5.56 Å². The molecule has 0 aliphatic heterocycles. The van der Waals surface area contributed by atoms with Crippen LogP contribution in [0.1, 0.15) is 32.4 Å². The Morgan fingerprint density at radius 3 is 2.11 bits per heavy atom.